The van der Waals surface area contributed by atoms with Gasteiger partial charge in [0.25, 0.3) is 0 Å². The van der Waals surface area contributed by atoms with E-state index in [1.165, 1.54) is 5.56 Å². The lowest BCUT2D eigenvalue weighted by atomic mass is 9.82. The fourth-order valence-electron chi connectivity index (χ4n) is 4.49. The summed E-state index contributed by atoms with van der Waals surface area (Å²) in [7, 11) is 1.90. The first kappa shape index (κ1) is 15.9. The van der Waals surface area contributed by atoms with Crippen molar-refractivity contribution in [2.24, 2.45) is 12.8 Å². The van der Waals surface area contributed by atoms with Gasteiger partial charge in [-0.2, -0.15) is 0 Å². The van der Waals surface area contributed by atoms with Crippen LogP contribution in [0.5, 0.6) is 0 Å². The van der Waals surface area contributed by atoms with E-state index in [-0.39, 0.29) is 11.7 Å². The zero-order valence-corrected chi connectivity index (χ0v) is 14.5. The van der Waals surface area contributed by atoms with E-state index in [1.54, 1.807) is 0 Å². The molecule has 130 valence electrons. The summed E-state index contributed by atoms with van der Waals surface area (Å²) in [6, 6.07) is 7.28. The first-order valence-electron chi connectivity index (χ1n) is 9.32. The van der Waals surface area contributed by atoms with Crippen LogP contribution in [0, 0.1) is 0 Å². The number of hydrogen-bond acceptors (Lipinski definition) is 3. The van der Waals surface area contributed by atoms with Crippen LogP contribution in [0.15, 0.2) is 23.0 Å². The quantitative estimate of drug-likeness (QED) is 0.889. The summed E-state index contributed by atoms with van der Waals surface area (Å²) in [6.07, 6.45) is 6.75. The molecule has 4 rings (SSSR count). The van der Waals surface area contributed by atoms with Crippen LogP contribution in [0.3, 0.4) is 0 Å². The molecular formula is C19H28N4O. The third-order valence-electron chi connectivity index (χ3n) is 5.99. The second-order valence-corrected chi connectivity index (χ2v) is 7.57. The molecule has 5 heteroatoms. The highest BCUT2D eigenvalue weighted by Gasteiger charge is 2.24. The molecule has 1 saturated carbocycles. The van der Waals surface area contributed by atoms with E-state index < -0.39 is 0 Å². The molecule has 0 bridgehead atoms. The Bertz CT molecular complexity index is 776. The van der Waals surface area contributed by atoms with Gasteiger partial charge in [0.05, 0.1) is 17.1 Å². The van der Waals surface area contributed by atoms with Gasteiger partial charge in [0.2, 0.25) is 0 Å². The molecule has 1 atom stereocenters. The van der Waals surface area contributed by atoms with Crippen molar-refractivity contribution in [2.45, 2.75) is 56.5 Å². The molecular weight excluding hydrogens is 300 g/mol. The zero-order valence-electron chi connectivity index (χ0n) is 14.5. The molecule has 0 spiro atoms. The molecule has 1 aliphatic carbocycles. The van der Waals surface area contributed by atoms with Gasteiger partial charge in [-0.1, -0.05) is 6.07 Å². The monoisotopic (exact) mass is 328 g/mol. The standard InChI is InChI=1S/C19H28N4O/c1-22-18-11-14(13-4-7-15(20)8-5-13)6-9-17(18)23(19(22)24)16-3-2-10-21-12-16/h6,9,11,13,15-16,21H,2-5,7-8,10,12,20H2,1H3. The van der Waals surface area contributed by atoms with Crippen molar-refractivity contribution in [1.82, 2.24) is 14.5 Å². The highest BCUT2D eigenvalue weighted by molar-refractivity contribution is 5.77. The van der Waals surface area contributed by atoms with Gasteiger partial charge >= 0.3 is 5.69 Å². The molecule has 1 unspecified atom stereocenters. The number of aromatic nitrogens is 2. The number of nitrogens with two attached hydrogens (primary N) is 1. The molecule has 1 aromatic carbocycles. The number of fused-ring (bicyclic) bond motifs is 1. The van der Waals surface area contributed by atoms with Gasteiger partial charge in [0.1, 0.15) is 0 Å². The molecule has 0 amide bonds. The minimum atomic E-state index is 0.113. The number of nitrogens with one attached hydrogen (secondary N) is 1. The van der Waals surface area contributed by atoms with Crippen molar-refractivity contribution in [3.05, 3.63) is 34.2 Å². The minimum Gasteiger partial charge on any atom is -0.328 e. The molecule has 1 aliphatic heterocycles. The lowest BCUT2D eigenvalue weighted by molar-refractivity contribution is 0.369. The van der Waals surface area contributed by atoms with E-state index >= 15 is 0 Å². The predicted octanol–water partition coefficient (Wildman–Crippen LogP) is 2.25. The molecule has 2 aromatic rings. The fraction of sp³-hybridized carbons (Fsp3) is 0.632. The Morgan fingerprint density at radius 2 is 1.92 bits per heavy atom. The van der Waals surface area contributed by atoms with Crippen LogP contribution in [0.2, 0.25) is 0 Å². The minimum absolute atomic E-state index is 0.113. The summed E-state index contributed by atoms with van der Waals surface area (Å²) >= 11 is 0. The topological polar surface area (TPSA) is 65.0 Å². The highest BCUT2D eigenvalue weighted by atomic mass is 16.1. The van der Waals surface area contributed by atoms with Crippen LogP contribution >= 0.6 is 0 Å². The van der Waals surface area contributed by atoms with Gasteiger partial charge in [-0.15, -0.1) is 0 Å². The Kier molecular flexibility index (Phi) is 4.22. The Morgan fingerprint density at radius 3 is 2.62 bits per heavy atom. The Morgan fingerprint density at radius 1 is 1.12 bits per heavy atom. The lowest BCUT2D eigenvalue weighted by Gasteiger charge is -2.26. The van der Waals surface area contributed by atoms with Crippen molar-refractivity contribution in [1.29, 1.82) is 0 Å². The maximum Gasteiger partial charge on any atom is 0.329 e. The van der Waals surface area contributed by atoms with Crippen molar-refractivity contribution < 1.29 is 0 Å². The van der Waals surface area contributed by atoms with Gasteiger partial charge in [0.15, 0.2) is 0 Å². The number of benzene rings is 1. The van der Waals surface area contributed by atoms with Gasteiger partial charge < -0.3 is 11.1 Å². The molecule has 24 heavy (non-hydrogen) atoms. The summed E-state index contributed by atoms with van der Waals surface area (Å²) in [4.78, 5) is 12.8. The lowest BCUT2D eigenvalue weighted by Crippen LogP contribution is -2.36. The van der Waals surface area contributed by atoms with Crippen LogP contribution in [-0.2, 0) is 7.05 Å². The van der Waals surface area contributed by atoms with E-state index in [4.69, 9.17) is 5.73 Å². The molecule has 2 fully saturated rings. The third kappa shape index (κ3) is 2.70. The summed E-state index contributed by atoms with van der Waals surface area (Å²) in [5.74, 6) is 0.587. The summed E-state index contributed by atoms with van der Waals surface area (Å²) < 4.78 is 3.82. The molecule has 2 aliphatic rings. The van der Waals surface area contributed by atoms with Crippen LogP contribution < -0.4 is 16.7 Å². The number of nitrogens with zero attached hydrogens (tertiary/aromatic N) is 2. The molecule has 2 heterocycles. The van der Waals surface area contributed by atoms with E-state index in [9.17, 15) is 4.79 Å². The number of rotatable bonds is 2. The number of aryl methyl sites for hydroxylation is 1. The number of hydrogen-bond donors (Lipinski definition) is 2. The molecule has 5 nitrogen and oxygen atoms in total. The maximum atomic E-state index is 12.8. The average Bonchev–Trinajstić information content (AvgIpc) is 2.87. The van der Waals surface area contributed by atoms with Gasteiger partial charge in [-0.3, -0.25) is 9.13 Å². The SMILES string of the molecule is Cn1c(=O)n(C2CCCNC2)c2ccc(C3CCC(N)CC3)cc21. The van der Waals surface area contributed by atoms with E-state index in [0.717, 1.165) is 62.6 Å². The Labute approximate surface area is 142 Å². The summed E-state index contributed by atoms with van der Waals surface area (Å²) in [5.41, 5.74) is 9.66. The average molecular weight is 328 g/mol. The summed E-state index contributed by atoms with van der Waals surface area (Å²) in [6.45, 7) is 1.95. The molecule has 3 N–H and O–H groups in total. The molecule has 1 saturated heterocycles. The Balaban J connectivity index is 1.72. The zero-order chi connectivity index (χ0) is 16.7. The third-order valence-corrected chi connectivity index (χ3v) is 5.99. The van der Waals surface area contributed by atoms with Crippen LogP contribution in [0.1, 0.15) is 56.0 Å². The van der Waals surface area contributed by atoms with Gasteiger partial charge in [-0.25, -0.2) is 4.79 Å². The molecule has 0 radical (unpaired) electrons. The van der Waals surface area contributed by atoms with Crippen LogP contribution in [-0.4, -0.2) is 28.3 Å². The number of piperidine rings is 1. The first-order valence-corrected chi connectivity index (χ1v) is 9.32. The maximum absolute atomic E-state index is 12.8. The van der Waals surface area contributed by atoms with Gasteiger partial charge in [0, 0.05) is 19.6 Å². The van der Waals surface area contributed by atoms with E-state index in [1.807, 2.05) is 16.2 Å². The first-order chi connectivity index (χ1) is 11.6. The predicted molar refractivity (Wildman–Crippen MR) is 97.5 cm³/mol. The van der Waals surface area contributed by atoms with Crippen molar-refractivity contribution in [2.75, 3.05) is 13.1 Å². The Hall–Kier alpha value is -1.59. The summed E-state index contributed by atoms with van der Waals surface area (Å²) in [5, 5.41) is 3.42. The normalized spacial score (nSPS) is 28.3. The smallest absolute Gasteiger partial charge is 0.328 e. The fourth-order valence-corrected chi connectivity index (χ4v) is 4.49. The van der Waals surface area contributed by atoms with Crippen molar-refractivity contribution in [3.8, 4) is 0 Å². The van der Waals surface area contributed by atoms with Crippen molar-refractivity contribution >= 4 is 11.0 Å². The number of imidazole rings is 1. The van der Waals surface area contributed by atoms with Crippen molar-refractivity contribution in [3.63, 3.8) is 0 Å². The second-order valence-electron chi connectivity index (χ2n) is 7.57. The second kappa shape index (κ2) is 6.37. The largest absolute Gasteiger partial charge is 0.329 e. The highest BCUT2D eigenvalue weighted by Crippen LogP contribution is 2.34. The molecule has 1 aromatic heterocycles. The van der Waals surface area contributed by atoms with Gasteiger partial charge in [-0.05, 0) is 68.7 Å². The van der Waals surface area contributed by atoms with Crippen LogP contribution in [0.4, 0.5) is 0 Å². The van der Waals surface area contributed by atoms with Crippen LogP contribution in [0.25, 0.3) is 11.0 Å². The van der Waals surface area contributed by atoms with E-state index in [0.29, 0.717) is 12.0 Å². The van der Waals surface area contributed by atoms with E-state index in [2.05, 4.69) is 23.5 Å².